The third-order valence-electron chi connectivity index (χ3n) is 2.83. The van der Waals surface area contributed by atoms with Gasteiger partial charge < -0.3 is 11.1 Å². The van der Waals surface area contributed by atoms with Crippen LogP contribution in [0.25, 0.3) is 0 Å². The van der Waals surface area contributed by atoms with Crippen LogP contribution in [-0.2, 0) is 4.79 Å². The van der Waals surface area contributed by atoms with E-state index in [9.17, 15) is 4.79 Å². The molecule has 0 unspecified atom stereocenters. The lowest BCUT2D eigenvalue weighted by Gasteiger charge is -2.29. The average molecular weight is 235 g/mol. The number of rotatable bonds is 3. The van der Waals surface area contributed by atoms with Gasteiger partial charge >= 0.3 is 0 Å². The molecule has 0 aromatic carbocycles. The van der Waals surface area contributed by atoms with Crippen LogP contribution in [0.3, 0.4) is 0 Å². The Balaban J connectivity index is 1.78. The van der Waals surface area contributed by atoms with Crippen molar-refractivity contribution < 1.29 is 4.79 Å². The normalized spacial score (nSPS) is 17.9. The van der Waals surface area contributed by atoms with Crippen molar-refractivity contribution in [3.8, 4) is 0 Å². The minimum absolute atomic E-state index is 0.0547. The first-order chi connectivity index (χ1) is 8.24. The van der Waals surface area contributed by atoms with Gasteiger partial charge in [-0.2, -0.15) is 0 Å². The molecule has 6 heteroatoms. The minimum Gasteiger partial charge on any atom is -0.328 e. The first-order valence-electron chi connectivity index (χ1n) is 5.78. The number of carbonyl (C=O) groups is 1. The molecule has 1 saturated heterocycles. The van der Waals surface area contributed by atoms with Gasteiger partial charge in [-0.1, -0.05) is 0 Å². The number of nitrogens with one attached hydrogen (secondary N) is 1. The molecule has 1 fully saturated rings. The Morgan fingerprint density at radius 1 is 1.47 bits per heavy atom. The largest absolute Gasteiger partial charge is 0.328 e. The molecule has 17 heavy (non-hydrogen) atoms. The van der Waals surface area contributed by atoms with Crippen LogP contribution in [0, 0.1) is 0 Å². The van der Waals surface area contributed by atoms with Crippen LogP contribution in [0.5, 0.6) is 0 Å². The zero-order valence-corrected chi connectivity index (χ0v) is 9.67. The first kappa shape index (κ1) is 11.9. The van der Waals surface area contributed by atoms with E-state index in [1.807, 2.05) is 0 Å². The zero-order chi connectivity index (χ0) is 12.1. The van der Waals surface area contributed by atoms with E-state index in [0.29, 0.717) is 12.4 Å². The summed E-state index contributed by atoms with van der Waals surface area (Å²) in [5.74, 6) is 0.437. The summed E-state index contributed by atoms with van der Waals surface area (Å²) in [5, 5.41) is 2.71. The highest BCUT2D eigenvalue weighted by atomic mass is 16.2. The monoisotopic (exact) mass is 235 g/mol. The summed E-state index contributed by atoms with van der Waals surface area (Å²) < 4.78 is 0. The molecule has 0 radical (unpaired) electrons. The molecule has 6 nitrogen and oxygen atoms in total. The van der Waals surface area contributed by atoms with E-state index in [1.54, 1.807) is 12.4 Å². The molecule has 1 aliphatic rings. The van der Waals surface area contributed by atoms with Gasteiger partial charge in [-0.3, -0.25) is 14.7 Å². The van der Waals surface area contributed by atoms with Crippen LogP contribution < -0.4 is 11.1 Å². The number of hydrogen-bond donors (Lipinski definition) is 2. The molecule has 3 N–H and O–H groups in total. The van der Waals surface area contributed by atoms with Crippen LogP contribution in [0.1, 0.15) is 12.8 Å². The molecule has 0 saturated carbocycles. The second-order valence-corrected chi connectivity index (χ2v) is 4.25. The maximum Gasteiger partial charge on any atom is 0.239 e. The van der Waals surface area contributed by atoms with Gasteiger partial charge in [0, 0.05) is 31.5 Å². The molecule has 1 aromatic rings. The fourth-order valence-electron chi connectivity index (χ4n) is 1.86. The van der Waals surface area contributed by atoms with E-state index in [1.165, 1.54) is 6.20 Å². The van der Waals surface area contributed by atoms with Crippen molar-refractivity contribution >= 4 is 11.7 Å². The number of carbonyl (C=O) groups excluding carboxylic acids is 1. The molecule has 0 bridgehead atoms. The van der Waals surface area contributed by atoms with Gasteiger partial charge in [0.25, 0.3) is 0 Å². The van der Waals surface area contributed by atoms with Gasteiger partial charge in [0.15, 0.2) is 5.82 Å². The van der Waals surface area contributed by atoms with Crippen LogP contribution in [0.4, 0.5) is 5.82 Å². The van der Waals surface area contributed by atoms with E-state index in [0.717, 1.165) is 25.9 Å². The summed E-state index contributed by atoms with van der Waals surface area (Å²) in [5.41, 5.74) is 5.81. The lowest BCUT2D eigenvalue weighted by molar-refractivity contribution is -0.117. The smallest absolute Gasteiger partial charge is 0.239 e. The summed E-state index contributed by atoms with van der Waals surface area (Å²) in [6.45, 7) is 2.16. The minimum atomic E-state index is -0.0547. The molecule has 0 aliphatic carbocycles. The fraction of sp³-hybridized carbons (Fsp3) is 0.545. The Hall–Kier alpha value is -1.53. The van der Waals surface area contributed by atoms with Crippen molar-refractivity contribution in [2.24, 2.45) is 5.73 Å². The summed E-state index contributed by atoms with van der Waals surface area (Å²) in [6, 6.07) is 0.286. The zero-order valence-electron chi connectivity index (χ0n) is 9.67. The highest BCUT2D eigenvalue weighted by Crippen LogP contribution is 2.08. The van der Waals surface area contributed by atoms with Crippen LogP contribution in [0.2, 0.25) is 0 Å². The third kappa shape index (κ3) is 3.76. The molecule has 2 heterocycles. The predicted octanol–water partition coefficient (Wildman–Crippen LogP) is -0.162. The number of aromatic nitrogens is 2. The predicted molar refractivity (Wildman–Crippen MR) is 64.3 cm³/mol. The second kappa shape index (κ2) is 5.70. The van der Waals surface area contributed by atoms with Crippen molar-refractivity contribution in [3.05, 3.63) is 18.6 Å². The number of anilines is 1. The van der Waals surface area contributed by atoms with Gasteiger partial charge in [-0.15, -0.1) is 0 Å². The first-order valence-corrected chi connectivity index (χ1v) is 5.78. The van der Waals surface area contributed by atoms with Crippen LogP contribution in [-0.4, -0.2) is 46.5 Å². The molecule has 1 aliphatic heterocycles. The lowest BCUT2D eigenvalue weighted by Crippen LogP contribution is -2.43. The van der Waals surface area contributed by atoms with Gasteiger partial charge in [-0.05, 0) is 12.8 Å². The lowest BCUT2D eigenvalue weighted by atomic mass is 10.1. The van der Waals surface area contributed by atoms with Crippen molar-refractivity contribution in [3.63, 3.8) is 0 Å². The molecule has 1 aromatic heterocycles. The highest BCUT2D eigenvalue weighted by molar-refractivity contribution is 5.91. The SMILES string of the molecule is NC1CCN(CC(=O)Nc2cnccn2)CC1. The average Bonchev–Trinajstić information content (AvgIpc) is 2.33. The van der Waals surface area contributed by atoms with Crippen molar-refractivity contribution in [2.75, 3.05) is 25.0 Å². The molecule has 2 rings (SSSR count). The summed E-state index contributed by atoms with van der Waals surface area (Å²) >= 11 is 0. The van der Waals surface area contributed by atoms with Gasteiger partial charge in [0.1, 0.15) is 0 Å². The van der Waals surface area contributed by atoms with Crippen molar-refractivity contribution in [2.45, 2.75) is 18.9 Å². The van der Waals surface area contributed by atoms with E-state index in [-0.39, 0.29) is 11.9 Å². The Labute approximate surface area is 100 Å². The maximum absolute atomic E-state index is 11.7. The summed E-state index contributed by atoms with van der Waals surface area (Å²) in [4.78, 5) is 21.7. The van der Waals surface area contributed by atoms with E-state index < -0.39 is 0 Å². The van der Waals surface area contributed by atoms with Crippen molar-refractivity contribution in [1.82, 2.24) is 14.9 Å². The van der Waals surface area contributed by atoms with Crippen molar-refractivity contribution in [1.29, 1.82) is 0 Å². The molecule has 1 amide bonds. The van der Waals surface area contributed by atoms with E-state index in [4.69, 9.17) is 5.73 Å². The van der Waals surface area contributed by atoms with Gasteiger partial charge in [0.2, 0.25) is 5.91 Å². The topological polar surface area (TPSA) is 84.1 Å². The molecule has 92 valence electrons. The number of likely N-dealkylation sites (tertiary alicyclic amines) is 1. The van der Waals surface area contributed by atoms with E-state index >= 15 is 0 Å². The van der Waals surface area contributed by atoms with Crippen LogP contribution in [0.15, 0.2) is 18.6 Å². The number of piperidine rings is 1. The summed E-state index contributed by atoms with van der Waals surface area (Å²) in [6.07, 6.45) is 6.57. The molecular weight excluding hydrogens is 218 g/mol. The quantitative estimate of drug-likeness (QED) is 0.760. The standard InChI is InChI=1S/C11H17N5O/c12-9-1-5-16(6-2-9)8-11(17)15-10-7-13-3-4-14-10/h3-4,7,9H,1-2,5-6,8,12H2,(H,14,15,17). The van der Waals surface area contributed by atoms with Gasteiger partial charge in [0.05, 0.1) is 12.7 Å². The van der Waals surface area contributed by atoms with E-state index in [2.05, 4.69) is 20.2 Å². The fourth-order valence-corrected chi connectivity index (χ4v) is 1.86. The number of amides is 1. The Morgan fingerprint density at radius 3 is 2.88 bits per heavy atom. The number of hydrogen-bond acceptors (Lipinski definition) is 5. The molecule has 0 atom stereocenters. The molecule has 0 spiro atoms. The van der Waals surface area contributed by atoms with Crippen LogP contribution >= 0.6 is 0 Å². The second-order valence-electron chi connectivity index (χ2n) is 4.25. The summed E-state index contributed by atoms with van der Waals surface area (Å²) in [7, 11) is 0. The Kier molecular flexibility index (Phi) is 4.00. The number of nitrogens with two attached hydrogens (primary N) is 1. The Morgan fingerprint density at radius 2 is 2.24 bits per heavy atom. The molecular formula is C11H17N5O. The maximum atomic E-state index is 11.7. The van der Waals surface area contributed by atoms with Gasteiger partial charge in [-0.25, -0.2) is 4.98 Å². The number of nitrogens with zero attached hydrogens (tertiary/aromatic N) is 3. The Bertz CT molecular complexity index is 361. The third-order valence-corrected chi connectivity index (χ3v) is 2.83. The highest BCUT2D eigenvalue weighted by Gasteiger charge is 2.18.